The number of hydrogen-bond donors (Lipinski definition) is 0. The van der Waals surface area contributed by atoms with E-state index in [9.17, 15) is 92.2 Å². The average Bonchev–Trinajstić information content (AvgIpc) is 2.89. The van der Waals surface area contributed by atoms with E-state index >= 15 is 0 Å². The van der Waals surface area contributed by atoms with E-state index < -0.39 is 81.8 Å². The van der Waals surface area contributed by atoms with Gasteiger partial charge in [-0.2, -0.15) is 92.2 Å². The van der Waals surface area contributed by atoms with Crippen LogP contribution in [0.1, 0.15) is 38.5 Å². The normalized spacial score (nSPS) is 22.0. The highest BCUT2D eigenvalue weighted by molar-refractivity contribution is 14.1. The number of hydrogen-bond acceptors (Lipinski definition) is 0. The lowest BCUT2D eigenvalue weighted by Crippen LogP contribution is -2.77. The Morgan fingerprint density at radius 3 is 1.12 bits per heavy atom. The second kappa shape index (κ2) is 10.9. The summed E-state index contributed by atoms with van der Waals surface area (Å²) in [7, 11) is 0. The monoisotopic (exact) mass is 768 g/mol. The summed E-state index contributed by atoms with van der Waals surface area (Å²) in [5, 5.41) is 0. The molecule has 41 heavy (non-hydrogen) atoms. The molecule has 0 aromatic rings. The van der Waals surface area contributed by atoms with Crippen molar-refractivity contribution in [3.05, 3.63) is 11.6 Å². The summed E-state index contributed by atoms with van der Waals surface area (Å²) in [6, 6.07) is 0. The third-order valence-corrected chi connectivity index (χ3v) is 7.28. The van der Waals surface area contributed by atoms with Gasteiger partial charge in [-0.15, -0.1) is 0 Å². The van der Waals surface area contributed by atoms with E-state index in [0.29, 0.717) is 0 Å². The molecule has 0 fully saturated rings. The number of halogens is 22. The fraction of sp³-hybridized carbons (Fsp3) is 0.895. The minimum absolute atomic E-state index is 0.0602. The van der Waals surface area contributed by atoms with Gasteiger partial charge in [-0.05, 0) is 19.3 Å². The van der Waals surface area contributed by atoms with E-state index in [0.717, 1.165) is 22.6 Å². The van der Waals surface area contributed by atoms with Crippen molar-refractivity contribution in [2.75, 3.05) is 0 Å². The summed E-state index contributed by atoms with van der Waals surface area (Å²) in [6.45, 7) is 0. The molecule has 1 aliphatic rings. The first-order chi connectivity index (χ1) is 17.8. The van der Waals surface area contributed by atoms with Crippen LogP contribution < -0.4 is 0 Å². The molecule has 0 nitrogen and oxygen atoms in total. The van der Waals surface area contributed by atoms with Crippen LogP contribution in [0, 0.1) is 0 Å². The predicted molar refractivity (Wildman–Crippen MR) is 104 cm³/mol. The summed E-state index contributed by atoms with van der Waals surface area (Å²) < 4.78 is 283. The van der Waals surface area contributed by atoms with Gasteiger partial charge in [0, 0.05) is 9.50 Å². The Morgan fingerprint density at radius 2 is 0.756 bits per heavy atom. The largest absolute Gasteiger partial charge is 0.460 e. The van der Waals surface area contributed by atoms with Crippen LogP contribution in [0.3, 0.4) is 0 Å². The Kier molecular flexibility index (Phi) is 10.1. The maximum atomic E-state index is 14.6. The summed E-state index contributed by atoms with van der Waals surface area (Å²) >= 11 is 0.927. The molecule has 0 radical (unpaired) electrons. The number of alkyl halides is 22. The molecular formula is C19H14F21I. The van der Waals surface area contributed by atoms with Gasteiger partial charge in [0.25, 0.3) is 0 Å². The van der Waals surface area contributed by atoms with E-state index in [1.54, 1.807) is 0 Å². The van der Waals surface area contributed by atoms with Gasteiger partial charge in [0.2, 0.25) is 0 Å². The van der Waals surface area contributed by atoms with Crippen molar-refractivity contribution < 1.29 is 92.2 Å². The Hall–Kier alpha value is -1.00. The molecule has 0 heterocycles. The molecular weight excluding hydrogens is 754 g/mol. The van der Waals surface area contributed by atoms with Gasteiger partial charge >= 0.3 is 59.5 Å². The molecule has 0 aliphatic heterocycles. The first-order valence-electron chi connectivity index (χ1n) is 10.6. The predicted octanol–water partition coefficient (Wildman–Crippen LogP) is 10.4. The lowest BCUT2D eigenvalue weighted by atomic mass is 9.84. The van der Waals surface area contributed by atoms with Crippen LogP contribution >= 0.6 is 22.6 Å². The Labute approximate surface area is 228 Å². The second-order valence-corrected chi connectivity index (χ2v) is 10.3. The van der Waals surface area contributed by atoms with Crippen LogP contribution in [0.4, 0.5) is 92.2 Å². The van der Waals surface area contributed by atoms with Crippen LogP contribution in [0.25, 0.3) is 0 Å². The molecule has 1 unspecified atom stereocenters. The minimum atomic E-state index is -9.15. The Bertz CT molecular complexity index is 960. The first-order valence-corrected chi connectivity index (χ1v) is 11.8. The van der Waals surface area contributed by atoms with Crippen LogP contribution in [-0.2, 0) is 0 Å². The molecule has 0 bridgehead atoms. The zero-order valence-corrected chi connectivity index (χ0v) is 21.4. The quantitative estimate of drug-likeness (QED) is 0.0949. The van der Waals surface area contributed by atoms with E-state index in [-0.39, 0.29) is 31.8 Å². The summed E-state index contributed by atoms with van der Waals surface area (Å²) in [5.74, 6) is -76.7. The maximum absolute atomic E-state index is 14.6. The average molecular weight is 768 g/mol. The molecule has 0 saturated heterocycles. The standard InChI is InChI=1S/C19H14F21I/c20-10(21,8-6-4-2-1-3-5-7-9(8)41)11(22,23)12(24,25)13(26,27)14(28,29)15(30,31)16(32,33)17(34,35)18(36,37)19(38,39)40/h6,9H,1-5,7H2/b8-6+. The summed E-state index contributed by atoms with van der Waals surface area (Å²) in [5.41, 5.74) is -2.11. The molecule has 1 aliphatic carbocycles. The molecule has 0 amide bonds. The molecule has 0 saturated carbocycles. The van der Waals surface area contributed by atoms with E-state index in [4.69, 9.17) is 0 Å². The zero-order chi connectivity index (χ0) is 33.1. The van der Waals surface area contributed by atoms with Gasteiger partial charge in [-0.25, -0.2) is 0 Å². The van der Waals surface area contributed by atoms with Crippen LogP contribution in [0.2, 0.25) is 0 Å². The van der Waals surface area contributed by atoms with Crippen molar-refractivity contribution >= 4 is 22.6 Å². The van der Waals surface area contributed by atoms with Crippen molar-refractivity contribution in [3.8, 4) is 0 Å². The van der Waals surface area contributed by atoms with E-state index in [1.807, 2.05) is 0 Å². The lowest BCUT2D eigenvalue weighted by molar-refractivity contribution is -0.473. The smallest absolute Gasteiger partial charge is 0.194 e. The van der Waals surface area contributed by atoms with E-state index in [1.165, 1.54) is 0 Å². The first kappa shape index (κ1) is 38.0. The van der Waals surface area contributed by atoms with Crippen LogP contribution in [0.5, 0.6) is 0 Å². The highest BCUT2D eigenvalue weighted by atomic mass is 127. The van der Waals surface area contributed by atoms with Crippen LogP contribution in [0.15, 0.2) is 11.6 Å². The fourth-order valence-corrected chi connectivity index (χ4v) is 4.51. The molecule has 0 N–H and O–H groups in total. The number of rotatable bonds is 9. The van der Waals surface area contributed by atoms with Gasteiger partial charge in [0.1, 0.15) is 0 Å². The highest BCUT2D eigenvalue weighted by Crippen LogP contribution is 2.66. The minimum Gasteiger partial charge on any atom is -0.194 e. The van der Waals surface area contributed by atoms with Crippen molar-refractivity contribution in [2.45, 2.75) is 102 Å². The Morgan fingerprint density at radius 1 is 0.439 bits per heavy atom. The van der Waals surface area contributed by atoms with Gasteiger partial charge < -0.3 is 0 Å². The highest BCUT2D eigenvalue weighted by Gasteiger charge is 2.98. The van der Waals surface area contributed by atoms with Crippen molar-refractivity contribution in [3.63, 3.8) is 0 Å². The molecule has 244 valence electrons. The molecule has 1 rings (SSSR count). The topological polar surface area (TPSA) is 0 Å². The molecule has 0 aromatic carbocycles. The number of allylic oxidation sites excluding steroid dienone is 2. The van der Waals surface area contributed by atoms with Crippen molar-refractivity contribution in [1.29, 1.82) is 0 Å². The Balaban J connectivity index is 3.80. The summed E-state index contributed by atoms with van der Waals surface area (Å²) in [6.07, 6.45) is -8.68. The molecule has 0 aromatic heterocycles. The second-order valence-electron chi connectivity index (χ2n) is 8.79. The van der Waals surface area contributed by atoms with Gasteiger partial charge in [0.15, 0.2) is 0 Å². The molecule has 22 heteroatoms. The molecule has 1 atom stereocenters. The van der Waals surface area contributed by atoms with Gasteiger partial charge in [0.05, 0.1) is 0 Å². The fourth-order valence-electron chi connectivity index (χ4n) is 3.43. The van der Waals surface area contributed by atoms with Gasteiger partial charge in [-0.3, -0.25) is 0 Å². The third kappa shape index (κ3) is 5.34. The van der Waals surface area contributed by atoms with Crippen LogP contribution in [-0.4, -0.2) is 63.4 Å². The molecule has 0 spiro atoms. The SMILES string of the molecule is FC(F)(F)C(F)(F)C(F)(F)C(F)(F)C(F)(F)C(F)(F)C(F)(F)C(F)(F)C(F)(F)C(F)(F)/C1=C/CCCCCCC1I. The van der Waals surface area contributed by atoms with Crippen molar-refractivity contribution in [2.24, 2.45) is 0 Å². The van der Waals surface area contributed by atoms with Gasteiger partial charge in [-0.1, -0.05) is 47.9 Å². The van der Waals surface area contributed by atoms with E-state index in [2.05, 4.69) is 0 Å². The maximum Gasteiger partial charge on any atom is 0.460 e. The lowest BCUT2D eigenvalue weighted by Gasteiger charge is -2.45. The summed E-state index contributed by atoms with van der Waals surface area (Å²) in [4.78, 5) is 0. The third-order valence-electron chi connectivity index (χ3n) is 5.99. The zero-order valence-electron chi connectivity index (χ0n) is 19.2. The van der Waals surface area contributed by atoms with Crippen molar-refractivity contribution in [1.82, 2.24) is 0 Å².